The summed E-state index contributed by atoms with van der Waals surface area (Å²) < 4.78 is 0. The predicted molar refractivity (Wildman–Crippen MR) is 104 cm³/mol. The number of hydrogen-bond donors (Lipinski definition) is 2. The number of amides is 2. The van der Waals surface area contributed by atoms with Gasteiger partial charge in [-0.3, -0.25) is 9.69 Å². The minimum Gasteiger partial charge on any atom is -0.465 e. The number of aromatic nitrogens is 3. The summed E-state index contributed by atoms with van der Waals surface area (Å²) in [6, 6.07) is 1.51. The molecule has 4 heterocycles. The second kappa shape index (κ2) is 7.29. The van der Waals surface area contributed by atoms with E-state index in [1.54, 1.807) is 6.33 Å². The van der Waals surface area contributed by atoms with Crippen LogP contribution < -0.4 is 4.90 Å². The van der Waals surface area contributed by atoms with Crippen molar-refractivity contribution in [3.63, 3.8) is 0 Å². The Kier molecular flexibility index (Phi) is 4.82. The maximum Gasteiger partial charge on any atom is 0.407 e. The van der Waals surface area contributed by atoms with E-state index in [0.717, 1.165) is 29.7 Å². The SMILES string of the molecule is CC1CCN(C(=O)C2CCCN2C(=O)O)CC1N(C)c1ncnc2[nH]ccc12. The molecule has 2 saturated heterocycles. The van der Waals surface area contributed by atoms with E-state index in [1.165, 1.54) is 4.90 Å². The van der Waals surface area contributed by atoms with Crippen LogP contribution in [0.3, 0.4) is 0 Å². The highest BCUT2D eigenvalue weighted by Gasteiger charge is 2.40. The van der Waals surface area contributed by atoms with Crippen LogP contribution in [0.5, 0.6) is 0 Å². The van der Waals surface area contributed by atoms with Crippen molar-refractivity contribution in [2.75, 3.05) is 31.6 Å². The summed E-state index contributed by atoms with van der Waals surface area (Å²) in [4.78, 5) is 41.6. The Morgan fingerprint density at radius 2 is 2.11 bits per heavy atom. The number of aromatic amines is 1. The first-order valence-electron chi connectivity index (χ1n) is 9.76. The van der Waals surface area contributed by atoms with E-state index in [9.17, 15) is 14.7 Å². The van der Waals surface area contributed by atoms with Crippen molar-refractivity contribution in [3.05, 3.63) is 18.6 Å². The van der Waals surface area contributed by atoms with Crippen molar-refractivity contribution in [1.82, 2.24) is 24.8 Å². The monoisotopic (exact) mass is 386 g/mol. The Morgan fingerprint density at radius 1 is 1.29 bits per heavy atom. The summed E-state index contributed by atoms with van der Waals surface area (Å²) in [7, 11) is 2.00. The van der Waals surface area contributed by atoms with Gasteiger partial charge in [-0.1, -0.05) is 6.92 Å². The number of piperidine rings is 1. The van der Waals surface area contributed by atoms with Gasteiger partial charge in [0.2, 0.25) is 5.91 Å². The van der Waals surface area contributed by atoms with Gasteiger partial charge >= 0.3 is 6.09 Å². The van der Waals surface area contributed by atoms with Crippen molar-refractivity contribution in [2.45, 2.75) is 38.3 Å². The number of nitrogens with one attached hydrogen (secondary N) is 1. The summed E-state index contributed by atoms with van der Waals surface area (Å²) >= 11 is 0. The minimum absolute atomic E-state index is 0.0697. The third-order valence-electron chi connectivity index (χ3n) is 6.18. The fraction of sp³-hybridized carbons (Fsp3) is 0.579. The van der Waals surface area contributed by atoms with Gasteiger partial charge in [-0.15, -0.1) is 0 Å². The van der Waals surface area contributed by atoms with Crippen LogP contribution in [-0.2, 0) is 4.79 Å². The van der Waals surface area contributed by atoms with Crippen molar-refractivity contribution in [2.24, 2.45) is 5.92 Å². The zero-order valence-corrected chi connectivity index (χ0v) is 16.2. The van der Waals surface area contributed by atoms with Crippen LogP contribution in [-0.4, -0.2) is 80.6 Å². The van der Waals surface area contributed by atoms with Gasteiger partial charge in [0.1, 0.15) is 23.8 Å². The number of rotatable bonds is 3. The van der Waals surface area contributed by atoms with Gasteiger partial charge < -0.3 is 19.9 Å². The van der Waals surface area contributed by atoms with Gasteiger partial charge in [-0.25, -0.2) is 14.8 Å². The van der Waals surface area contributed by atoms with Crippen LogP contribution in [0.2, 0.25) is 0 Å². The van der Waals surface area contributed by atoms with Crippen LogP contribution in [0, 0.1) is 5.92 Å². The zero-order chi connectivity index (χ0) is 19.8. The lowest BCUT2D eigenvalue weighted by molar-refractivity contribution is -0.137. The number of likely N-dealkylation sites (tertiary alicyclic amines) is 2. The molecule has 2 aliphatic heterocycles. The molecule has 0 spiro atoms. The van der Waals surface area contributed by atoms with Gasteiger partial charge in [0.15, 0.2) is 0 Å². The Morgan fingerprint density at radius 3 is 2.89 bits per heavy atom. The van der Waals surface area contributed by atoms with E-state index in [4.69, 9.17) is 0 Å². The molecule has 2 amide bonds. The van der Waals surface area contributed by atoms with Crippen molar-refractivity contribution >= 4 is 28.9 Å². The molecule has 3 atom stereocenters. The van der Waals surface area contributed by atoms with E-state index in [0.29, 0.717) is 32.0 Å². The highest BCUT2D eigenvalue weighted by molar-refractivity contribution is 5.88. The number of nitrogens with zero attached hydrogens (tertiary/aromatic N) is 5. The molecule has 2 aliphatic rings. The highest BCUT2D eigenvalue weighted by atomic mass is 16.4. The van der Waals surface area contributed by atoms with Gasteiger partial charge in [-0.05, 0) is 31.2 Å². The summed E-state index contributed by atoms with van der Waals surface area (Å²) in [5.74, 6) is 1.15. The number of carboxylic acid groups (broad SMARTS) is 1. The second-order valence-corrected chi connectivity index (χ2v) is 7.80. The molecular weight excluding hydrogens is 360 g/mol. The lowest BCUT2D eigenvalue weighted by Crippen LogP contribution is -2.56. The fourth-order valence-corrected chi connectivity index (χ4v) is 4.51. The maximum atomic E-state index is 13.1. The summed E-state index contributed by atoms with van der Waals surface area (Å²) in [6.07, 6.45) is 4.60. The van der Waals surface area contributed by atoms with Gasteiger partial charge in [-0.2, -0.15) is 0 Å². The minimum atomic E-state index is -1.01. The van der Waals surface area contributed by atoms with Crippen molar-refractivity contribution in [3.8, 4) is 0 Å². The van der Waals surface area contributed by atoms with Crippen LogP contribution in [0.4, 0.5) is 10.6 Å². The van der Waals surface area contributed by atoms with E-state index < -0.39 is 12.1 Å². The summed E-state index contributed by atoms with van der Waals surface area (Å²) in [5.41, 5.74) is 0.788. The van der Waals surface area contributed by atoms with E-state index >= 15 is 0 Å². The molecule has 2 aromatic rings. The van der Waals surface area contributed by atoms with E-state index in [2.05, 4.69) is 26.8 Å². The molecule has 3 unspecified atom stereocenters. The number of fused-ring (bicyclic) bond motifs is 1. The highest BCUT2D eigenvalue weighted by Crippen LogP contribution is 2.30. The van der Waals surface area contributed by atoms with Crippen LogP contribution in [0.15, 0.2) is 18.6 Å². The predicted octanol–water partition coefficient (Wildman–Crippen LogP) is 1.77. The Labute approximate surface area is 163 Å². The topological polar surface area (TPSA) is 106 Å². The van der Waals surface area contributed by atoms with Crippen LogP contribution >= 0.6 is 0 Å². The molecule has 2 fully saturated rings. The molecule has 0 saturated carbocycles. The van der Waals surface area contributed by atoms with Crippen molar-refractivity contribution < 1.29 is 14.7 Å². The Balaban J connectivity index is 1.54. The van der Waals surface area contributed by atoms with Gasteiger partial charge in [0, 0.05) is 32.9 Å². The second-order valence-electron chi connectivity index (χ2n) is 7.80. The summed E-state index contributed by atoms with van der Waals surface area (Å²) in [6.45, 7) is 3.86. The Bertz CT molecular complexity index is 883. The largest absolute Gasteiger partial charge is 0.465 e. The number of carbonyl (C=O) groups excluding carboxylic acids is 1. The Hall–Kier alpha value is -2.84. The molecule has 2 N–H and O–H groups in total. The fourth-order valence-electron chi connectivity index (χ4n) is 4.51. The molecule has 0 radical (unpaired) electrons. The van der Waals surface area contributed by atoms with E-state index in [-0.39, 0.29) is 11.9 Å². The van der Waals surface area contributed by atoms with Crippen LogP contribution in [0.1, 0.15) is 26.2 Å². The first-order chi connectivity index (χ1) is 13.5. The summed E-state index contributed by atoms with van der Waals surface area (Å²) in [5, 5.41) is 10.3. The number of hydrogen-bond acceptors (Lipinski definition) is 5. The molecular formula is C19H26N6O3. The van der Waals surface area contributed by atoms with E-state index in [1.807, 2.05) is 24.2 Å². The first-order valence-corrected chi connectivity index (χ1v) is 9.76. The van der Waals surface area contributed by atoms with Gasteiger partial charge in [0.25, 0.3) is 0 Å². The lowest BCUT2D eigenvalue weighted by Gasteiger charge is -2.43. The normalized spacial score (nSPS) is 25.3. The average molecular weight is 386 g/mol. The van der Waals surface area contributed by atoms with Crippen LogP contribution in [0.25, 0.3) is 11.0 Å². The lowest BCUT2D eigenvalue weighted by atomic mass is 9.91. The standard InChI is InChI=1S/C19H26N6O3/c1-12-6-9-24(18(26)14-4-3-8-25(14)19(27)28)10-15(12)23(2)17-13-5-7-20-16(13)21-11-22-17/h5,7,11-12,14-15H,3-4,6,8-10H2,1-2H3,(H,27,28)(H,20,21,22). The molecule has 4 rings (SSSR count). The smallest absolute Gasteiger partial charge is 0.407 e. The molecule has 0 bridgehead atoms. The number of carbonyl (C=O) groups is 2. The van der Waals surface area contributed by atoms with Crippen molar-refractivity contribution in [1.29, 1.82) is 0 Å². The maximum absolute atomic E-state index is 13.1. The quantitative estimate of drug-likeness (QED) is 0.833. The number of likely N-dealkylation sites (N-methyl/N-ethyl adjacent to an activating group) is 1. The molecule has 9 nitrogen and oxygen atoms in total. The molecule has 2 aromatic heterocycles. The molecule has 9 heteroatoms. The molecule has 0 aliphatic carbocycles. The molecule has 28 heavy (non-hydrogen) atoms. The zero-order valence-electron chi connectivity index (χ0n) is 16.2. The molecule has 0 aromatic carbocycles. The average Bonchev–Trinajstić information content (AvgIpc) is 3.36. The number of anilines is 1. The molecule has 150 valence electrons. The third-order valence-corrected chi connectivity index (χ3v) is 6.18. The number of H-pyrrole nitrogens is 1. The third kappa shape index (κ3) is 3.14. The first kappa shape index (κ1) is 18.5. The van der Waals surface area contributed by atoms with Gasteiger partial charge in [0.05, 0.1) is 11.4 Å².